The fraction of sp³-hybridized carbons (Fsp3) is 0.148. The molecular weight excluding hydrogens is 533 g/mol. The maximum absolute atomic E-state index is 12.9. The van der Waals surface area contributed by atoms with Crippen molar-refractivity contribution in [1.29, 1.82) is 0 Å². The van der Waals surface area contributed by atoms with Gasteiger partial charge < -0.3 is 13.9 Å². The molecule has 0 bridgehead atoms. The molecule has 10 heteroatoms. The van der Waals surface area contributed by atoms with Gasteiger partial charge in [0.1, 0.15) is 16.1 Å². The van der Waals surface area contributed by atoms with Gasteiger partial charge in [0.15, 0.2) is 17.3 Å². The van der Waals surface area contributed by atoms with Crippen molar-refractivity contribution in [3.8, 4) is 22.8 Å². The Morgan fingerprint density at radius 3 is 2.73 bits per heavy atom. The van der Waals surface area contributed by atoms with Crippen molar-refractivity contribution in [2.75, 3.05) is 13.7 Å². The predicted molar refractivity (Wildman–Crippen MR) is 148 cm³/mol. The summed E-state index contributed by atoms with van der Waals surface area (Å²) in [5.74, 6) is 2.83. The highest BCUT2D eigenvalue weighted by molar-refractivity contribution is 7.15. The number of hydrogen-bond acceptors (Lipinski definition) is 7. The van der Waals surface area contributed by atoms with Gasteiger partial charge >= 0.3 is 0 Å². The fourth-order valence-corrected chi connectivity index (χ4v) is 4.88. The zero-order valence-electron chi connectivity index (χ0n) is 19.9. The highest BCUT2D eigenvalue weighted by atomic mass is 35.5. The molecule has 5 rings (SSSR count). The van der Waals surface area contributed by atoms with E-state index in [4.69, 9.17) is 37.1 Å². The molecule has 3 aromatic heterocycles. The van der Waals surface area contributed by atoms with Gasteiger partial charge in [-0.2, -0.15) is 9.50 Å². The van der Waals surface area contributed by atoms with E-state index in [1.54, 1.807) is 49.6 Å². The van der Waals surface area contributed by atoms with E-state index in [2.05, 4.69) is 10.1 Å². The van der Waals surface area contributed by atoms with Gasteiger partial charge in [-0.3, -0.25) is 4.79 Å². The maximum atomic E-state index is 12.9. The van der Waals surface area contributed by atoms with Crippen LogP contribution in [0.25, 0.3) is 34.5 Å². The Labute approximate surface area is 226 Å². The molecular formula is C27H21Cl2N3O4S. The van der Waals surface area contributed by atoms with E-state index < -0.39 is 0 Å². The molecule has 0 fully saturated rings. The van der Waals surface area contributed by atoms with Crippen LogP contribution in [0.1, 0.15) is 30.5 Å². The van der Waals surface area contributed by atoms with Gasteiger partial charge in [0.2, 0.25) is 4.96 Å². The summed E-state index contributed by atoms with van der Waals surface area (Å²) in [6.45, 7) is 2.67. The number of hydrogen-bond donors (Lipinski definition) is 0. The van der Waals surface area contributed by atoms with E-state index in [1.807, 2.05) is 31.2 Å². The normalized spacial score (nSPS) is 12.2. The first-order valence-electron chi connectivity index (χ1n) is 11.4. The minimum Gasteiger partial charge on any atom is -0.493 e. The Morgan fingerprint density at radius 2 is 1.95 bits per heavy atom. The Bertz CT molecular complexity index is 1720. The number of halogens is 2. The van der Waals surface area contributed by atoms with Crippen molar-refractivity contribution in [2.45, 2.75) is 13.3 Å². The molecule has 0 saturated heterocycles. The van der Waals surface area contributed by atoms with Crippen LogP contribution in [0, 0.1) is 0 Å². The molecule has 0 amide bonds. The highest BCUT2D eigenvalue weighted by Crippen LogP contribution is 2.32. The Kier molecular flexibility index (Phi) is 7.32. The zero-order valence-corrected chi connectivity index (χ0v) is 22.2. The van der Waals surface area contributed by atoms with Crippen LogP contribution in [-0.4, -0.2) is 28.3 Å². The van der Waals surface area contributed by atoms with Crippen molar-refractivity contribution >= 4 is 57.7 Å². The number of furan rings is 1. The number of fused-ring (bicyclic) bond motifs is 1. The monoisotopic (exact) mass is 553 g/mol. The van der Waals surface area contributed by atoms with Crippen molar-refractivity contribution in [1.82, 2.24) is 14.6 Å². The van der Waals surface area contributed by atoms with E-state index in [0.29, 0.717) is 60.6 Å². The molecule has 5 aromatic rings. The highest BCUT2D eigenvalue weighted by Gasteiger charge is 2.12. The molecule has 188 valence electrons. The number of aromatic nitrogens is 3. The molecule has 0 radical (unpaired) electrons. The first kappa shape index (κ1) is 25.1. The van der Waals surface area contributed by atoms with Crippen LogP contribution in [0.5, 0.6) is 11.5 Å². The number of rotatable bonds is 8. The first-order chi connectivity index (χ1) is 17.9. The summed E-state index contributed by atoms with van der Waals surface area (Å²) >= 11 is 13.6. The van der Waals surface area contributed by atoms with E-state index in [1.165, 1.54) is 15.9 Å². The summed E-state index contributed by atoms with van der Waals surface area (Å²) < 4.78 is 18.8. The molecule has 0 saturated carbocycles. The van der Waals surface area contributed by atoms with E-state index in [0.717, 1.165) is 12.0 Å². The molecule has 0 aliphatic rings. The quantitative estimate of drug-likeness (QED) is 0.226. The average Bonchev–Trinajstić information content (AvgIpc) is 3.60. The lowest BCUT2D eigenvalue weighted by atomic mass is 10.2. The van der Waals surface area contributed by atoms with Crippen molar-refractivity contribution in [3.63, 3.8) is 0 Å². The van der Waals surface area contributed by atoms with E-state index >= 15 is 0 Å². The van der Waals surface area contributed by atoms with Gasteiger partial charge in [-0.05, 0) is 60.5 Å². The molecule has 0 aliphatic carbocycles. The van der Waals surface area contributed by atoms with Crippen LogP contribution in [-0.2, 0) is 0 Å². The molecule has 0 atom stereocenters. The summed E-state index contributed by atoms with van der Waals surface area (Å²) in [5, 5.41) is 5.42. The number of methoxy groups -OCH3 is 1. The smallest absolute Gasteiger partial charge is 0.291 e. The molecule has 0 spiro atoms. The van der Waals surface area contributed by atoms with Gasteiger partial charge in [-0.25, -0.2) is 0 Å². The Morgan fingerprint density at radius 1 is 1.08 bits per heavy atom. The lowest BCUT2D eigenvalue weighted by Gasteiger charge is -2.10. The van der Waals surface area contributed by atoms with E-state index in [-0.39, 0.29) is 5.56 Å². The van der Waals surface area contributed by atoms with Crippen LogP contribution in [0.4, 0.5) is 0 Å². The van der Waals surface area contributed by atoms with Crippen LogP contribution in [0.2, 0.25) is 10.0 Å². The molecule has 0 aliphatic heterocycles. The first-order valence-corrected chi connectivity index (χ1v) is 13.0. The SMILES string of the molecule is CCCOc1ccc(/C=C/c2nc3s/c(=C\c4ccc(-c5cc(Cl)ccc5Cl)o4)c(=O)n3n2)cc1OC. The van der Waals surface area contributed by atoms with Crippen LogP contribution in [0.3, 0.4) is 0 Å². The Hall–Kier alpha value is -3.59. The molecule has 0 N–H and O–H groups in total. The van der Waals surface area contributed by atoms with Crippen LogP contribution in [0.15, 0.2) is 57.7 Å². The number of ether oxygens (including phenoxy) is 2. The van der Waals surface area contributed by atoms with Gasteiger partial charge in [-0.1, -0.05) is 53.6 Å². The molecule has 37 heavy (non-hydrogen) atoms. The maximum Gasteiger partial charge on any atom is 0.291 e. The largest absolute Gasteiger partial charge is 0.493 e. The number of nitrogens with zero attached hydrogens (tertiary/aromatic N) is 3. The predicted octanol–water partition coefficient (Wildman–Crippen LogP) is 6.23. The van der Waals surface area contributed by atoms with Gasteiger partial charge in [0.05, 0.1) is 18.7 Å². The van der Waals surface area contributed by atoms with Gasteiger partial charge in [-0.15, -0.1) is 5.10 Å². The topological polar surface area (TPSA) is 78.9 Å². The lowest BCUT2D eigenvalue weighted by molar-refractivity contribution is 0.294. The third-order valence-electron chi connectivity index (χ3n) is 5.37. The summed E-state index contributed by atoms with van der Waals surface area (Å²) in [7, 11) is 1.60. The second-order valence-electron chi connectivity index (χ2n) is 8.00. The van der Waals surface area contributed by atoms with E-state index in [9.17, 15) is 4.79 Å². The summed E-state index contributed by atoms with van der Waals surface area (Å²) in [6, 6.07) is 14.4. The lowest BCUT2D eigenvalue weighted by Crippen LogP contribution is -2.23. The van der Waals surface area contributed by atoms with Crippen molar-refractivity contribution < 1.29 is 13.9 Å². The average molecular weight is 554 g/mol. The summed E-state index contributed by atoms with van der Waals surface area (Å²) in [5.41, 5.74) is 1.30. The zero-order chi connectivity index (χ0) is 25.9. The third-order valence-corrected chi connectivity index (χ3v) is 6.89. The summed E-state index contributed by atoms with van der Waals surface area (Å²) in [6.07, 6.45) is 6.18. The Balaban J connectivity index is 1.38. The van der Waals surface area contributed by atoms with Crippen molar-refractivity contribution in [3.05, 3.63) is 90.6 Å². The standard InChI is InChI=1S/C27H21Cl2N3O4S/c1-3-12-35-22-9-4-16(13-23(22)34-2)5-11-25-30-27-32(31-25)26(33)24(37-27)15-18-7-10-21(36-18)19-14-17(28)6-8-20(19)29/h4-11,13-15H,3,12H2,1-2H3/b11-5+,24-15-. The van der Waals surface area contributed by atoms with Gasteiger partial charge in [0.25, 0.3) is 5.56 Å². The van der Waals surface area contributed by atoms with Crippen LogP contribution < -0.4 is 19.6 Å². The minimum atomic E-state index is -0.273. The van der Waals surface area contributed by atoms with Gasteiger partial charge in [0, 0.05) is 16.7 Å². The van der Waals surface area contributed by atoms with Crippen molar-refractivity contribution in [2.24, 2.45) is 0 Å². The van der Waals surface area contributed by atoms with Crippen LogP contribution >= 0.6 is 34.5 Å². The second-order valence-corrected chi connectivity index (χ2v) is 9.85. The number of thiazole rings is 1. The number of benzene rings is 2. The minimum absolute atomic E-state index is 0.273. The molecule has 0 unspecified atom stereocenters. The molecule has 2 aromatic carbocycles. The fourth-order valence-electron chi connectivity index (χ4n) is 3.60. The molecule has 3 heterocycles. The second kappa shape index (κ2) is 10.8. The summed E-state index contributed by atoms with van der Waals surface area (Å²) in [4.78, 5) is 17.9. The molecule has 7 nitrogen and oxygen atoms in total. The third kappa shape index (κ3) is 5.41.